The first-order valence-electron chi connectivity index (χ1n) is 15.5. The number of thiazole rings is 1. The fraction of sp³-hybridized carbons (Fsp3) is 0.656. The van der Waals surface area contributed by atoms with Crippen LogP contribution in [0.25, 0.3) is 0 Å². The minimum atomic E-state index is -1.86. The Morgan fingerprint density at radius 1 is 1.16 bits per heavy atom. The number of hydrogen-bond acceptors (Lipinski definition) is 7. The second-order valence-corrected chi connectivity index (χ2v) is 21.2. The van der Waals surface area contributed by atoms with Crippen molar-refractivity contribution in [1.29, 1.82) is 0 Å². The van der Waals surface area contributed by atoms with Gasteiger partial charge in [-0.2, -0.15) is 0 Å². The van der Waals surface area contributed by atoms with Crippen LogP contribution in [0.5, 0.6) is 0 Å². The number of nitrogens with zero attached hydrogens (tertiary/aromatic N) is 3. The third-order valence-electron chi connectivity index (χ3n) is 8.56. The number of hydrogen-bond donors (Lipinski definition) is 1. The lowest BCUT2D eigenvalue weighted by atomic mass is 10.0. The second kappa shape index (κ2) is 13.9. The SMILES string of the molecule is CC(C)(C)OC(=O)NC[C@H](Cc1cnc(N2CC[C@H](O[Si](C)(C)C(C)(C)C)C2)s1)C(=O)N(Cc1cccc(Cl)c1Cl)C1CC1. The molecule has 0 spiro atoms. The minimum absolute atomic E-state index is 0.0291. The molecule has 8 nitrogen and oxygen atoms in total. The highest BCUT2D eigenvalue weighted by molar-refractivity contribution is 7.15. The molecule has 44 heavy (non-hydrogen) atoms. The van der Waals surface area contributed by atoms with Crippen molar-refractivity contribution >= 4 is 60.0 Å². The van der Waals surface area contributed by atoms with Gasteiger partial charge in [0, 0.05) is 43.3 Å². The van der Waals surface area contributed by atoms with E-state index in [2.05, 4.69) is 44.1 Å². The Morgan fingerprint density at radius 2 is 1.86 bits per heavy atom. The van der Waals surface area contributed by atoms with Crippen LogP contribution in [0, 0.1) is 5.92 Å². The molecule has 0 radical (unpaired) electrons. The van der Waals surface area contributed by atoms with E-state index in [9.17, 15) is 9.59 Å². The molecular formula is C32H48Cl2N4O4SSi. The van der Waals surface area contributed by atoms with Crippen LogP contribution in [-0.4, -0.2) is 67.6 Å². The monoisotopic (exact) mass is 682 g/mol. The molecular weight excluding hydrogens is 635 g/mol. The fourth-order valence-corrected chi connectivity index (χ4v) is 7.79. The molecule has 1 saturated heterocycles. The molecule has 1 saturated carbocycles. The van der Waals surface area contributed by atoms with Crippen LogP contribution in [0.1, 0.15) is 71.2 Å². The molecule has 1 aromatic heterocycles. The summed E-state index contributed by atoms with van der Waals surface area (Å²) in [5, 5.41) is 4.88. The van der Waals surface area contributed by atoms with Crippen LogP contribution in [0.3, 0.4) is 0 Å². The molecule has 2 atom stereocenters. The zero-order chi connectivity index (χ0) is 32.4. The van der Waals surface area contributed by atoms with Gasteiger partial charge in [-0.05, 0) is 76.2 Å². The van der Waals surface area contributed by atoms with E-state index in [-0.39, 0.29) is 29.6 Å². The molecule has 2 aromatic rings. The summed E-state index contributed by atoms with van der Waals surface area (Å²) >= 11 is 14.4. The van der Waals surface area contributed by atoms with Gasteiger partial charge in [0.1, 0.15) is 5.60 Å². The topological polar surface area (TPSA) is 84.0 Å². The Bertz CT molecular complexity index is 1320. The summed E-state index contributed by atoms with van der Waals surface area (Å²) in [6, 6.07) is 5.63. The van der Waals surface area contributed by atoms with Gasteiger partial charge in [0.15, 0.2) is 13.4 Å². The maximum atomic E-state index is 14.2. The molecule has 244 valence electrons. The van der Waals surface area contributed by atoms with Crippen LogP contribution in [-0.2, 0) is 26.9 Å². The van der Waals surface area contributed by atoms with Crippen LogP contribution >= 0.6 is 34.5 Å². The van der Waals surface area contributed by atoms with Gasteiger partial charge in [0.25, 0.3) is 0 Å². The molecule has 1 aromatic carbocycles. The second-order valence-electron chi connectivity index (χ2n) is 14.5. The molecule has 12 heteroatoms. The van der Waals surface area contributed by atoms with Gasteiger partial charge in [0.2, 0.25) is 5.91 Å². The van der Waals surface area contributed by atoms with Crippen molar-refractivity contribution in [3.05, 3.63) is 44.9 Å². The highest BCUT2D eigenvalue weighted by Gasteiger charge is 2.41. The first-order valence-corrected chi connectivity index (χ1v) is 20.0. The van der Waals surface area contributed by atoms with Crippen LogP contribution in [0.15, 0.2) is 24.4 Å². The molecule has 4 rings (SSSR count). The average Bonchev–Trinajstić information content (AvgIpc) is 3.46. The van der Waals surface area contributed by atoms with Gasteiger partial charge < -0.3 is 24.3 Å². The number of aromatic nitrogens is 1. The van der Waals surface area contributed by atoms with Gasteiger partial charge >= 0.3 is 6.09 Å². The van der Waals surface area contributed by atoms with Gasteiger partial charge in [0.05, 0.1) is 22.1 Å². The lowest BCUT2D eigenvalue weighted by Crippen LogP contribution is -2.44. The summed E-state index contributed by atoms with van der Waals surface area (Å²) in [6.45, 7) is 19.1. The number of ether oxygens (including phenoxy) is 1. The minimum Gasteiger partial charge on any atom is -0.444 e. The number of alkyl carbamates (subject to hydrolysis) is 1. The quantitative estimate of drug-likeness (QED) is 0.242. The van der Waals surface area contributed by atoms with Gasteiger partial charge in [-0.3, -0.25) is 4.79 Å². The third kappa shape index (κ3) is 9.34. The highest BCUT2D eigenvalue weighted by atomic mass is 35.5. The van der Waals surface area contributed by atoms with Crippen LogP contribution in [0.2, 0.25) is 28.2 Å². The van der Waals surface area contributed by atoms with Gasteiger partial charge in [-0.15, -0.1) is 11.3 Å². The smallest absolute Gasteiger partial charge is 0.407 e. The summed E-state index contributed by atoms with van der Waals surface area (Å²) in [4.78, 5) is 36.7. The van der Waals surface area contributed by atoms with Crippen LogP contribution in [0.4, 0.5) is 9.93 Å². The summed E-state index contributed by atoms with van der Waals surface area (Å²) in [7, 11) is -1.86. The standard InChI is InChI=1S/C32H48Cl2N4O4SSi/c1-31(2,3)41-30(40)36-17-22(28(39)38(23-12-13-23)19-21-10-9-11-26(33)27(21)34)16-25-18-35-29(43-25)37-15-14-24(20-37)42-44(7,8)32(4,5)6/h9-11,18,22-24H,12-17,19-20H2,1-8H3,(H,36,40)/t22-,24-/m0/s1. The first-order chi connectivity index (χ1) is 20.4. The lowest BCUT2D eigenvalue weighted by Gasteiger charge is -2.38. The predicted octanol–water partition coefficient (Wildman–Crippen LogP) is 7.93. The van der Waals surface area contributed by atoms with Gasteiger partial charge in [-0.1, -0.05) is 56.1 Å². The largest absolute Gasteiger partial charge is 0.444 e. The lowest BCUT2D eigenvalue weighted by molar-refractivity contribution is -0.136. The number of rotatable bonds is 11. The molecule has 2 heterocycles. The number of carbonyl (C=O) groups excluding carboxylic acids is 2. The number of anilines is 1. The van der Waals surface area contributed by atoms with E-state index < -0.39 is 25.9 Å². The van der Waals surface area contributed by atoms with Crippen molar-refractivity contribution in [2.45, 2.75) is 110 Å². The maximum Gasteiger partial charge on any atom is 0.407 e. The maximum absolute atomic E-state index is 14.2. The van der Waals surface area contributed by atoms with E-state index in [1.54, 1.807) is 17.4 Å². The molecule has 0 unspecified atom stereocenters. The van der Waals surface area contributed by atoms with Crippen molar-refractivity contribution in [1.82, 2.24) is 15.2 Å². The molecule has 0 bridgehead atoms. The normalized spacial score (nSPS) is 18.3. The van der Waals surface area contributed by atoms with Crippen molar-refractivity contribution in [2.24, 2.45) is 5.92 Å². The summed E-state index contributed by atoms with van der Waals surface area (Å²) < 4.78 is 12.1. The zero-order valence-corrected chi connectivity index (χ0v) is 30.7. The Kier molecular flexibility index (Phi) is 11.0. The van der Waals surface area contributed by atoms with E-state index in [1.807, 2.05) is 44.0 Å². The molecule has 2 amide bonds. The zero-order valence-electron chi connectivity index (χ0n) is 27.3. The number of amides is 2. The third-order valence-corrected chi connectivity index (χ3v) is 15.0. The molecule has 2 fully saturated rings. The van der Waals surface area contributed by atoms with E-state index in [4.69, 9.17) is 37.3 Å². The van der Waals surface area contributed by atoms with E-state index in [0.29, 0.717) is 23.0 Å². The van der Waals surface area contributed by atoms with Crippen molar-refractivity contribution in [2.75, 3.05) is 24.5 Å². The van der Waals surface area contributed by atoms with E-state index >= 15 is 0 Å². The Morgan fingerprint density at radius 3 is 2.50 bits per heavy atom. The highest BCUT2D eigenvalue weighted by Crippen LogP contribution is 2.39. The van der Waals surface area contributed by atoms with Gasteiger partial charge in [-0.25, -0.2) is 9.78 Å². The fourth-order valence-electron chi connectivity index (χ4n) is 5.00. The number of nitrogens with one attached hydrogen (secondary N) is 1. The Balaban J connectivity index is 1.48. The average molecular weight is 684 g/mol. The van der Waals surface area contributed by atoms with Crippen molar-refractivity contribution in [3.8, 4) is 0 Å². The molecule has 1 N–H and O–H groups in total. The van der Waals surface area contributed by atoms with Crippen LogP contribution < -0.4 is 10.2 Å². The van der Waals surface area contributed by atoms with Crippen molar-refractivity contribution < 1.29 is 18.8 Å². The van der Waals surface area contributed by atoms with Crippen molar-refractivity contribution in [3.63, 3.8) is 0 Å². The molecule has 1 aliphatic heterocycles. The Labute approximate surface area is 277 Å². The summed E-state index contributed by atoms with van der Waals surface area (Å²) in [6.07, 6.45) is 4.83. The summed E-state index contributed by atoms with van der Waals surface area (Å²) in [5.74, 6) is -0.527. The van der Waals surface area contributed by atoms with E-state index in [0.717, 1.165) is 47.9 Å². The number of benzene rings is 1. The first kappa shape index (κ1) is 35.0. The number of carbonyl (C=O) groups is 2. The predicted molar refractivity (Wildman–Crippen MR) is 182 cm³/mol. The Hall–Kier alpha value is -1.85. The molecule has 2 aliphatic rings. The molecule has 1 aliphatic carbocycles. The summed E-state index contributed by atoms with van der Waals surface area (Å²) in [5.41, 5.74) is 0.170. The number of halogens is 2. The van der Waals surface area contributed by atoms with E-state index in [1.165, 1.54) is 0 Å².